The number of nitrogens with zero attached hydrogens (tertiary/aromatic N) is 1. The second-order valence-corrected chi connectivity index (χ2v) is 4.36. The zero-order valence-corrected chi connectivity index (χ0v) is 11.1. The molecule has 2 heteroatoms. The van der Waals surface area contributed by atoms with E-state index in [-0.39, 0.29) is 0 Å². The summed E-state index contributed by atoms with van der Waals surface area (Å²) in [6.45, 7) is 5.35. The Hall–Kier alpha value is -1.67. The minimum absolute atomic E-state index is 0.429. The van der Waals surface area contributed by atoms with Gasteiger partial charge in [-0.15, -0.1) is 0 Å². The van der Waals surface area contributed by atoms with Crippen LogP contribution in [0.25, 0.3) is 11.3 Å². The van der Waals surface area contributed by atoms with Crippen molar-refractivity contribution in [1.82, 2.24) is 10.3 Å². The van der Waals surface area contributed by atoms with Crippen LogP contribution in [0, 0.1) is 0 Å². The second-order valence-electron chi connectivity index (χ2n) is 4.36. The van der Waals surface area contributed by atoms with E-state index in [9.17, 15) is 0 Å². The zero-order valence-electron chi connectivity index (χ0n) is 11.1. The van der Waals surface area contributed by atoms with Gasteiger partial charge in [0.15, 0.2) is 0 Å². The SMILES string of the molecule is CCNC(CC)c1cccc(-c2ccccn2)c1. The third kappa shape index (κ3) is 2.96. The molecule has 1 heterocycles. The summed E-state index contributed by atoms with van der Waals surface area (Å²) in [6, 6.07) is 15.1. The molecule has 0 saturated heterocycles. The van der Waals surface area contributed by atoms with Crippen molar-refractivity contribution in [2.24, 2.45) is 0 Å². The Morgan fingerprint density at radius 2 is 2.00 bits per heavy atom. The highest BCUT2D eigenvalue weighted by atomic mass is 14.9. The molecule has 2 aromatic rings. The first-order valence-electron chi connectivity index (χ1n) is 6.60. The maximum atomic E-state index is 4.40. The molecule has 94 valence electrons. The Morgan fingerprint density at radius 3 is 2.67 bits per heavy atom. The van der Waals surface area contributed by atoms with Gasteiger partial charge in [0, 0.05) is 17.8 Å². The van der Waals surface area contributed by atoms with E-state index in [2.05, 4.69) is 48.4 Å². The highest BCUT2D eigenvalue weighted by Crippen LogP contribution is 2.23. The fourth-order valence-electron chi connectivity index (χ4n) is 2.19. The van der Waals surface area contributed by atoms with Crippen LogP contribution in [0.15, 0.2) is 48.7 Å². The topological polar surface area (TPSA) is 24.9 Å². The van der Waals surface area contributed by atoms with Crippen molar-refractivity contribution in [1.29, 1.82) is 0 Å². The largest absolute Gasteiger partial charge is 0.310 e. The third-order valence-corrected chi connectivity index (χ3v) is 3.11. The van der Waals surface area contributed by atoms with Crippen LogP contribution in [-0.2, 0) is 0 Å². The quantitative estimate of drug-likeness (QED) is 0.859. The first kappa shape index (κ1) is 12.8. The van der Waals surface area contributed by atoms with E-state index >= 15 is 0 Å². The summed E-state index contributed by atoms with van der Waals surface area (Å²) in [5, 5.41) is 3.51. The lowest BCUT2D eigenvalue weighted by Crippen LogP contribution is -2.19. The number of hydrogen-bond acceptors (Lipinski definition) is 2. The second kappa shape index (κ2) is 6.31. The summed E-state index contributed by atoms with van der Waals surface area (Å²) in [7, 11) is 0. The van der Waals surface area contributed by atoms with E-state index in [0.717, 1.165) is 18.7 Å². The van der Waals surface area contributed by atoms with E-state index in [1.807, 2.05) is 24.4 Å². The fraction of sp³-hybridized carbons (Fsp3) is 0.312. The highest BCUT2D eigenvalue weighted by molar-refractivity contribution is 5.59. The van der Waals surface area contributed by atoms with Gasteiger partial charge < -0.3 is 5.32 Å². The minimum Gasteiger partial charge on any atom is -0.310 e. The molecule has 0 fully saturated rings. The molecule has 18 heavy (non-hydrogen) atoms. The van der Waals surface area contributed by atoms with Crippen LogP contribution in [0.2, 0.25) is 0 Å². The van der Waals surface area contributed by atoms with Crippen molar-refractivity contribution < 1.29 is 0 Å². The molecule has 0 amide bonds. The summed E-state index contributed by atoms with van der Waals surface area (Å²) in [5.74, 6) is 0. The molecule has 1 aromatic heterocycles. The number of benzene rings is 1. The summed E-state index contributed by atoms with van der Waals surface area (Å²) in [6.07, 6.45) is 2.93. The maximum absolute atomic E-state index is 4.40. The van der Waals surface area contributed by atoms with Crippen molar-refractivity contribution >= 4 is 0 Å². The van der Waals surface area contributed by atoms with Crippen LogP contribution in [0.1, 0.15) is 31.9 Å². The smallest absolute Gasteiger partial charge is 0.0702 e. The van der Waals surface area contributed by atoms with Gasteiger partial charge in [-0.3, -0.25) is 4.98 Å². The molecule has 0 aliphatic rings. The molecule has 0 saturated carbocycles. The van der Waals surface area contributed by atoms with E-state index in [1.165, 1.54) is 11.1 Å². The molecular weight excluding hydrogens is 220 g/mol. The Labute approximate surface area is 109 Å². The van der Waals surface area contributed by atoms with E-state index in [4.69, 9.17) is 0 Å². The van der Waals surface area contributed by atoms with Gasteiger partial charge in [-0.2, -0.15) is 0 Å². The Bertz CT molecular complexity index is 479. The summed E-state index contributed by atoms with van der Waals surface area (Å²) in [5.41, 5.74) is 3.55. The molecule has 0 bridgehead atoms. The minimum atomic E-state index is 0.429. The molecule has 2 rings (SSSR count). The molecule has 0 radical (unpaired) electrons. The average Bonchev–Trinajstić information content (AvgIpc) is 2.46. The lowest BCUT2D eigenvalue weighted by atomic mass is 10.0. The van der Waals surface area contributed by atoms with Gasteiger partial charge in [-0.25, -0.2) is 0 Å². The third-order valence-electron chi connectivity index (χ3n) is 3.11. The van der Waals surface area contributed by atoms with Gasteiger partial charge in [0.1, 0.15) is 0 Å². The molecule has 0 aliphatic carbocycles. The lowest BCUT2D eigenvalue weighted by molar-refractivity contribution is 0.537. The fourth-order valence-corrected chi connectivity index (χ4v) is 2.19. The molecular formula is C16H20N2. The van der Waals surface area contributed by atoms with Gasteiger partial charge >= 0.3 is 0 Å². The van der Waals surface area contributed by atoms with Crippen molar-refractivity contribution in [3.63, 3.8) is 0 Å². The number of pyridine rings is 1. The molecule has 1 aromatic carbocycles. The number of hydrogen-bond donors (Lipinski definition) is 1. The summed E-state index contributed by atoms with van der Waals surface area (Å²) < 4.78 is 0. The van der Waals surface area contributed by atoms with Crippen molar-refractivity contribution in [2.45, 2.75) is 26.3 Å². The first-order chi connectivity index (χ1) is 8.85. The molecule has 0 spiro atoms. The normalized spacial score (nSPS) is 12.3. The van der Waals surface area contributed by atoms with Crippen molar-refractivity contribution in [2.75, 3.05) is 6.54 Å². The maximum Gasteiger partial charge on any atom is 0.0702 e. The van der Waals surface area contributed by atoms with E-state index < -0.39 is 0 Å². The highest BCUT2D eigenvalue weighted by Gasteiger charge is 2.08. The van der Waals surface area contributed by atoms with Crippen LogP contribution in [0.5, 0.6) is 0 Å². The molecule has 0 aliphatic heterocycles. The van der Waals surface area contributed by atoms with Crippen molar-refractivity contribution in [3.8, 4) is 11.3 Å². The van der Waals surface area contributed by atoms with Crippen LogP contribution < -0.4 is 5.32 Å². The summed E-state index contributed by atoms with van der Waals surface area (Å²) in [4.78, 5) is 4.40. The molecule has 1 unspecified atom stereocenters. The predicted octanol–water partition coefficient (Wildman–Crippen LogP) is 3.81. The van der Waals surface area contributed by atoms with Gasteiger partial charge in [0.2, 0.25) is 0 Å². The number of nitrogens with one attached hydrogen (secondary N) is 1. The number of aromatic nitrogens is 1. The molecule has 1 atom stereocenters. The Morgan fingerprint density at radius 1 is 1.11 bits per heavy atom. The molecule has 1 N–H and O–H groups in total. The van der Waals surface area contributed by atoms with Gasteiger partial charge in [-0.1, -0.05) is 38.1 Å². The Kier molecular flexibility index (Phi) is 4.48. The average molecular weight is 240 g/mol. The van der Waals surface area contributed by atoms with Gasteiger partial charge in [0.05, 0.1) is 5.69 Å². The standard InChI is InChI=1S/C16H20N2/c1-3-15(17-4-2)13-8-7-9-14(12-13)16-10-5-6-11-18-16/h5-12,15,17H,3-4H2,1-2H3. The van der Waals surface area contributed by atoms with Crippen LogP contribution in [-0.4, -0.2) is 11.5 Å². The predicted molar refractivity (Wildman–Crippen MR) is 76.4 cm³/mol. The van der Waals surface area contributed by atoms with E-state index in [1.54, 1.807) is 0 Å². The van der Waals surface area contributed by atoms with Gasteiger partial charge in [-0.05, 0) is 36.7 Å². The zero-order chi connectivity index (χ0) is 12.8. The van der Waals surface area contributed by atoms with E-state index in [0.29, 0.717) is 6.04 Å². The van der Waals surface area contributed by atoms with Gasteiger partial charge in [0.25, 0.3) is 0 Å². The Balaban J connectivity index is 2.30. The lowest BCUT2D eigenvalue weighted by Gasteiger charge is -2.17. The van der Waals surface area contributed by atoms with Crippen LogP contribution in [0.3, 0.4) is 0 Å². The monoisotopic (exact) mass is 240 g/mol. The van der Waals surface area contributed by atoms with Crippen LogP contribution in [0.4, 0.5) is 0 Å². The van der Waals surface area contributed by atoms with Crippen molar-refractivity contribution in [3.05, 3.63) is 54.2 Å². The first-order valence-corrected chi connectivity index (χ1v) is 6.60. The molecule has 2 nitrogen and oxygen atoms in total. The summed E-state index contributed by atoms with van der Waals surface area (Å²) >= 11 is 0. The van der Waals surface area contributed by atoms with Crippen LogP contribution >= 0.6 is 0 Å². The number of rotatable bonds is 5.